The van der Waals surface area contributed by atoms with E-state index in [1.807, 2.05) is 0 Å². The molecule has 0 spiro atoms. The normalized spacial score (nSPS) is 14.3. The average Bonchev–Trinajstić information content (AvgIpc) is 2.73. The van der Waals surface area contributed by atoms with Gasteiger partial charge in [0.15, 0.2) is 0 Å². The predicted molar refractivity (Wildman–Crippen MR) is 118 cm³/mol. The van der Waals surface area contributed by atoms with E-state index in [2.05, 4.69) is 0 Å². The number of hydrogen-bond donors (Lipinski definition) is 0. The van der Waals surface area contributed by atoms with Crippen LogP contribution in [-0.2, 0) is 14.3 Å². The number of anilines is 1. The molecule has 1 aromatic carbocycles. The first kappa shape index (κ1) is 23.1. The molecular formula is C23H27N3O6. The van der Waals surface area contributed by atoms with Crippen molar-refractivity contribution in [2.45, 2.75) is 33.3 Å². The van der Waals surface area contributed by atoms with Crippen LogP contribution in [0.1, 0.15) is 38.1 Å². The van der Waals surface area contributed by atoms with Gasteiger partial charge in [0, 0.05) is 31.0 Å². The Bertz CT molecular complexity index is 1090. The lowest BCUT2D eigenvalue weighted by Crippen LogP contribution is -2.53. The van der Waals surface area contributed by atoms with Crippen molar-refractivity contribution >= 4 is 23.7 Å². The van der Waals surface area contributed by atoms with Crippen LogP contribution < -0.4 is 10.5 Å². The number of nitrogens with zero attached hydrogens (tertiary/aromatic N) is 3. The van der Waals surface area contributed by atoms with Gasteiger partial charge in [-0.3, -0.25) is 19.1 Å². The summed E-state index contributed by atoms with van der Waals surface area (Å²) in [4.78, 5) is 52.4. The number of benzene rings is 1. The third-order valence-corrected chi connectivity index (χ3v) is 4.71. The van der Waals surface area contributed by atoms with Crippen LogP contribution in [-0.4, -0.2) is 59.3 Å². The molecule has 0 saturated carbocycles. The fourth-order valence-electron chi connectivity index (χ4n) is 3.26. The summed E-state index contributed by atoms with van der Waals surface area (Å²) < 4.78 is 11.7. The van der Waals surface area contributed by atoms with Crippen LogP contribution in [0.2, 0.25) is 0 Å². The molecule has 32 heavy (non-hydrogen) atoms. The maximum atomic E-state index is 12.8. The zero-order valence-corrected chi connectivity index (χ0v) is 18.7. The minimum Gasteiger partial charge on any atom is -0.462 e. The van der Waals surface area contributed by atoms with Crippen LogP contribution in [0.15, 0.2) is 47.4 Å². The van der Waals surface area contributed by atoms with Crippen molar-refractivity contribution in [1.29, 1.82) is 0 Å². The van der Waals surface area contributed by atoms with E-state index in [-0.39, 0.29) is 30.2 Å². The van der Waals surface area contributed by atoms with Crippen molar-refractivity contribution in [2.24, 2.45) is 0 Å². The van der Waals surface area contributed by atoms with E-state index < -0.39 is 17.7 Å². The van der Waals surface area contributed by atoms with Gasteiger partial charge in [0.1, 0.15) is 12.1 Å². The van der Waals surface area contributed by atoms with E-state index in [4.69, 9.17) is 9.47 Å². The van der Waals surface area contributed by atoms with Crippen molar-refractivity contribution in [3.63, 3.8) is 0 Å². The summed E-state index contributed by atoms with van der Waals surface area (Å²) in [7, 11) is 0. The summed E-state index contributed by atoms with van der Waals surface area (Å²) in [5.74, 6) is -0.780. The molecule has 0 aliphatic carbocycles. The molecule has 0 unspecified atom stereocenters. The lowest BCUT2D eigenvalue weighted by atomic mass is 10.2. The highest BCUT2D eigenvalue weighted by Gasteiger charge is 2.31. The van der Waals surface area contributed by atoms with Crippen molar-refractivity contribution in [2.75, 3.05) is 31.1 Å². The molecule has 170 valence electrons. The van der Waals surface area contributed by atoms with E-state index in [0.717, 1.165) is 0 Å². The van der Waals surface area contributed by atoms with Crippen LogP contribution in [0.3, 0.4) is 0 Å². The Morgan fingerprint density at radius 1 is 1.03 bits per heavy atom. The van der Waals surface area contributed by atoms with Gasteiger partial charge in [-0.05, 0) is 52.0 Å². The van der Waals surface area contributed by atoms with Crippen LogP contribution in [0.25, 0.3) is 5.69 Å². The summed E-state index contributed by atoms with van der Waals surface area (Å²) in [5.41, 5.74) is 0.373. The van der Waals surface area contributed by atoms with Gasteiger partial charge in [0.05, 0.1) is 17.9 Å². The highest BCUT2D eigenvalue weighted by Crippen LogP contribution is 2.22. The lowest BCUT2D eigenvalue weighted by Gasteiger charge is -2.35. The highest BCUT2D eigenvalue weighted by molar-refractivity contribution is 5.97. The zero-order valence-electron chi connectivity index (χ0n) is 18.7. The molecule has 0 atom stereocenters. The molecule has 2 aromatic rings. The first-order valence-electron chi connectivity index (χ1n) is 10.4. The topological polar surface area (TPSA) is 98.2 Å². The van der Waals surface area contributed by atoms with Gasteiger partial charge in [-0.25, -0.2) is 9.59 Å². The average molecular weight is 441 g/mol. The Morgan fingerprint density at radius 2 is 1.75 bits per heavy atom. The number of rotatable bonds is 4. The molecule has 2 amide bonds. The number of carbonyl (C=O) groups excluding carboxylic acids is 3. The maximum absolute atomic E-state index is 12.8. The standard InChI is InChI=1S/C23H27N3O6/c1-5-31-21(29)16-9-10-19(27)26(14-16)18-8-6-7-17(13-18)25-12-11-24(15-20(25)28)22(30)32-23(2,3)4/h6-10,13-14H,5,11-12,15H2,1-4H3. The molecule has 1 saturated heterocycles. The molecule has 1 aliphatic heterocycles. The summed E-state index contributed by atoms with van der Waals surface area (Å²) in [6, 6.07) is 9.59. The van der Waals surface area contributed by atoms with E-state index in [0.29, 0.717) is 24.5 Å². The summed E-state index contributed by atoms with van der Waals surface area (Å²) in [5, 5.41) is 0. The van der Waals surface area contributed by atoms with E-state index in [1.165, 1.54) is 27.8 Å². The fourth-order valence-corrected chi connectivity index (χ4v) is 3.26. The monoisotopic (exact) mass is 441 g/mol. The summed E-state index contributed by atoms with van der Waals surface area (Å²) >= 11 is 0. The van der Waals surface area contributed by atoms with Crippen molar-refractivity contribution < 1.29 is 23.9 Å². The second-order valence-corrected chi connectivity index (χ2v) is 8.31. The SMILES string of the molecule is CCOC(=O)c1ccc(=O)n(-c2cccc(N3CCN(C(=O)OC(C)(C)C)CC3=O)c2)c1. The minimum absolute atomic E-state index is 0.0998. The molecule has 0 N–H and O–H groups in total. The van der Waals surface area contributed by atoms with Gasteiger partial charge < -0.3 is 14.4 Å². The van der Waals surface area contributed by atoms with E-state index >= 15 is 0 Å². The van der Waals surface area contributed by atoms with Gasteiger partial charge >= 0.3 is 12.1 Å². The minimum atomic E-state index is -0.642. The Morgan fingerprint density at radius 3 is 2.41 bits per heavy atom. The second kappa shape index (κ2) is 9.25. The van der Waals surface area contributed by atoms with Gasteiger partial charge in [0.2, 0.25) is 5.91 Å². The van der Waals surface area contributed by atoms with Crippen molar-refractivity contribution in [3.05, 3.63) is 58.5 Å². The predicted octanol–water partition coefficient (Wildman–Crippen LogP) is 2.60. The van der Waals surface area contributed by atoms with Crippen molar-refractivity contribution in [3.8, 4) is 5.69 Å². The Kier molecular flexibility index (Phi) is 6.67. The number of esters is 1. The first-order chi connectivity index (χ1) is 15.1. The Labute approximate surface area is 186 Å². The highest BCUT2D eigenvalue weighted by atomic mass is 16.6. The van der Waals surface area contributed by atoms with Crippen molar-refractivity contribution in [1.82, 2.24) is 9.47 Å². The van der Waals surface area contributed by atoms with Crippen LogP contribution in [0, 0.1) is 0 Å². The van der Waals surface area contributed by atoms with E-state index in [1.54, 1.807) is 56.9 Å². The van der Waals surface area contributed by atoms with Gasteiger partial charge in [0.25, 0.3) is 5.56 Å². The molecule has 2 heterocycles. The smallest absolute Gasteiger partial charge is 0.410 e. The fraction of sp³-hybridized carbons (Fsp3) is 0.391. The maximum Gasteiger partial charge on any atom is 0.410 e. The van der Waals surface area contributed by atoms with Gasteiger partial charge in [-0.2, -0.15) is 0 Å². The number of hydrogen-bond acceptors (Lipinski definition) is 6. The summed E-state index contributed by atoms with van der Waals surface area (Å²) in [6.45, 7) is 7.76. The second-order valence-electron chi connectivity index (χ2n) is 8.31. The molecule has 9 nitrogen and oxygen atoms in total. The number of pyridine rings is 1. The lowest BCUT2D eigenvalue weighted by molar-refractivity contribution is -0.121. The Hall–Kier alpha value is -3.62. The number of ether oxygens (including phenoxy) is 2. The first-order valence-corrected chi connectivity index (χ1v) is 10.4. The van der Waals surface area contributed by atoms with Crippen LogP contribution in [0.4, 0.5) is 10.5 Å². The number of amides is 2. The van der Waals surface area contributed by atoms with E-state index in [9.17, 15) is 19.2 Å². The third kappa shape index (κ3) is 5.35. The zero-order chi connectivity index (χ0) is 23.5. The quantitative estimate of drug-likeness (QED) is 0.677. The van der Waals surface area contributed by atoms with Crippen LogP contribution >= 0.6 is 0 Å². The number of aromatic nitrogens is 1. The summed E-state index contributed by atoms with van der Waals surface area (Å²) in [6.07, 6.45) is 0.892. The molecule has 3 rings (SSSR count). The molecule has 1 aromatic heterocycles. The Balaban J connectivity index is 1.81. The number of carbonyl (C=O) groups is 3. The van der Waals surface area contributed by atoms with Crippen LogP contribution in [0.5, 0.6) is 0 Å². The molecule has 0 radical (unpaired) electrons. The third-order valence-electron chi connectivity index (χ3n) is 4.71. The molecule has 0 bridgehead atoms. The molecular weight excluding hydrogens is 414 g/mol. The van der Waals surface area contributed by atoms with Gasteiger partial charge in [-0.15, -0.1) is 0 Å². The largest absolute Gasteiger partial charge is 0.462 e. The molecule has 1 aliphatic rings. The van der Waals surface area contributed by atoms with Gasteiger partial charge in [-0.1, -0.05) is 6.07 Å². The number of piperazine rings is 1. The molecule has 1 fully saturated rings. The molecule has 9 heteroatoms.